The van der Waals surface area contributed by atoms with Gasteiger partial charge in [-0.3, -0.25) is 5.41 Å². The van der Waals surface area contributed by atoms with E-state index >= 15 is 0 Å². The van der Waals surface area contributed by atoms with Crippen molar-refractivity contribution in [2.75, 3.05) is 5.32 Å². The maximum Gasteiger partial charge on any atom is 0.319 e. The summed E-state index contributed by atoms with van der Waals surface area (Å²) >= 11 is 6.42. The van der Waals surface area contributed by atoms with Gasteiger partial charge in [0.2, 0.25) is 0 Å². The predicted molar refractivity (Wildman–Crippen MR) is 107 cm³/mol. The minimum atomic E-state index is -0.447. The van der Waals surface area contributed by atoms with Gasteiger partial charge in [-0.2, -0.15) is 0 Å². The van der Waals surface area contributed by atoms with Crippen LogP contribution in [0.2, 0.25) is 5.02 Å². The van der Waals surface area contributed by atoms with Crippen molar-refractivity contribution in [3.63, 3.8) is 0 Å². The molecule has 2 aromatic rings. The van der Waals surface area contributed by atoms with Crippen LogP contribution in [0.1, 0.15) is 47.9 Å². The highest BCUT2D eigenvalue weighted by Crippen LogP contribution is 2.48. The summed E-state index contributed by atoms with van der Waals surface area (Å²) in [6, 6.07) is 7.78. The van der Waals surface area contributed by atoms with Crippen LogP contribution in [0.3, 0.4) is 0 Å². The first kappa shape index (κ1) is 18.7. The summed E-state index contributed by atoms with van der Waals surface area (Å²) in [4.78, 5) is 12.3. The molecule has 2 aliphatic rings. The number of hydrogen-bond acceptors (Lipinski definition) is 3. The lowest BCUT2D eigenvalue weighted by atomic mass is 9.80. The molecule has 6 nitrogen and oxygen atoms in total. The maximum absolute atomic E-state index is 13.8. The van der Waals surface area contributed by atoms with Crippen LogP contribution in [0, 0.1) is 11.2 Å². The molecule has 0 atom stereocenters. The van der Waals surface area contributed by atoms with Gasteiger partial charge in [0.15, 0.2) is 0 Å². The molecule has 0 saturated heterocycles. The van der Waals surface area contributed by atoms with Crippen LogP contribution < -0.4 is 21.9 Å². The van der Waals surface area contributed by atoms with E-state index < -0.39 is 11.4 Å². The summed E-state index contributed by atoms with van der Waals surface area (Å²) in [6.07, 6.45) is 4.19. The Hall–Kier alpha value is -2.64. The van der Waals surface area contributed by atoms with Gasteiger partial charge >= 0.3 is 6.03 Å². The molecule has 0 unspecified atom stereocenters. The van der Waals surface area contributed by atoms with Gasteiger partial charge in [0.25, 0.3) is 0 Å². The van der Waals surface area contributed by atoms with E-state index in [0.29, 0.717) is 22.7 Å². The van der Waals surface area contributed by atoms with E-state index in [1.54, 1.807) is 12.1 Å². The quantitative estimate of drug-likeness (QED) is 0.234. The highest BCUT2D eigenvalue weighted by Gasteiger charge is 2.44. The molecular formula is C20H21ClFN5O. The van der Waals surface area contributed by atoms with E-state index in [0.717, 1.165) is 42.4 Å². The van der Waals surface area contributed by atoms with Gasteiger partial charge in [-0.05, 0) is 48.6 Å². The van der Waals surface area contributed by atoms with E-state index in [9.17, 15) is 9.18 Å². The second-order valence-electron chi connectivity index (χ2n) is 7.32. The first-order valence-corrected chi connectivity index (χ1v) is 9.56. The second-order valence-corrected chi connectivity index (χ2v) is 7.73. The number of anilines is 1. The molecule has 2 aromatic carbocycles. The number of fused-ring (bicyclic) bond motifs is 2. The first-order chi connectivity index (χ1) is 13.4. The molecule has 1 saturated carbocycles. The summed E-state index contributed by atoms with van der Waals surface area (Å²) in [5, 5.41) is 14.5. The van der Waals surface area contributed by atoms with E-state index in [1.165, 1.54) is 12.1 Å². The Labute approximate surface area is 167 Å². The normalized spacial score (nSPS) is 17.0. The number of carbonyl (C=O) groups is 1. The third-order valence-electron chi connectivity index (χ3n) is 5.63. The molecule has 0 radical (unpaired) electrons. The Morgan fingerprint density at radius 1 is 1.25 bits per heavy atom. The number of halogens is 2. The zero-order chi connectivity index (χ0) is 19.9. The molecule has 2 amide bonds. The molecule has 1 fully saturated rings. The number of amides is 2. The number of nitrogens with two attached hydrogens (primary N) is 1. The second kappa shape index (κ2) is 7.07. The summed E-state index contributed by atoms with van der Waals surface area (Å²) < 4.78 is 13.8. The minimum Gasteiger partial charge on any atom is -0.328 e. The summed E-state index contributed by atoms with van der Waals surface area (Å²) in [5.41, 5.74) is 5.61. The molecule has 4 rings (SSSR count). The smallest absolute Gasteiger partial charge is 0.319 e. The van der Waals surface area contributed by atoms with Crippen molar-refractivity contribution in [1.29, 1.82) is 5.41 Å². The maximum atomic E-state index is 13.8. The van der Waals surface area contributed by atoms with Crippen molar-refractivity contribution in [3.05, 3.63) is 63.4 Å². The number of urea groups is 1. The van der Waals surface area contributed by atoms with Crippen molar-refractivity contribution < 1.29 is 9.18 Å². The van der Waals surface area contributed by atoms with Crippen molar-refractivity contribution in [2.24, 2.45) is 5.84 Å². The van der Waals surface area contributed by atoms with Gasteiger partial charge in [-0.1, -0.05) is 36.6 Å². The first-order valence-electron chi connectivity index (χ1n) is 9.18. The SMILES string of the molecule is N=C(NN)c1cc(F)ccc1Cc1ccc(Cl)c2c1C1(CCCC1)NC(=O)N2. The Morgan fingerprint density at radius 2 is 1.96 bits per heavy atom. The van der Waals surface area contributed by atoms with E-state index in [2.05, 4.69) is 16.1 Å². The summed E-state index contributed by atoms with van der Waals surface area (Å²) in [7, 11) is 0. The number of amidine groups is 1. The third kappa shape index (κ3) is 3.10. The minimum absolute atomic E-state index is 0.0562. The van der Waals surface area contributed by atoms with Crippen molar-refractivity contribution in [2.45, 2.75) is 37.6 Å². The molecule has 1 spiro atoms. The van der Waals surface area contributed by atoms with Crippen molar-refractivity contribution in [3.8, 4) is 0 Å². The fourth-order valence-electron chi connectivity index (χ4n) is 4.43. The Kier molecular flexibility index (Phi) is 4.72. The van der Waals surface area contributed by atoms with Crippen LogP contribution >= 0.6 is 11.6 Å². The van der Waals surface area contributed by atoms with E-state index in [-0.39, 0.29) is 11.9 Å². The van der Waals surface area contributed by atoms with Crippen LogP contribution in [-0.2, 0) is 12.0 Å². The van der Waals surface area contributed by atoms with Crippen LogP contribution in [0.5, 0.6) is 0 Å². The van der Waals surface area contributed by atoms with Gasteiger partial charge in [-0.15, -0.1) is 0 Å². The Balaban J connectivity index is 1.84. The largest absolute Gasteiger partial charge is 0.328 e. The molecule has 1 aliphatic heterocycles. The third-order valence-corrected chi connectivity index (χ3v) is 5.95. The molecule has 0 bridgehead atoms. The van der Waals surface area contributed by atoms with Gasteiger partial charge in [0, 0.05) is 11.1 Å². The van der Waals surface area contributed by atoms with E-state index in [4.69, 9.17) is 22.9 Å². The monoisotopic (exact) mass is 401 g/mol. The molecular weight excluding hydrogens is 381 g/mol. The van der Waals surface area contributed by atoms with Crippen LogP contribution in [-0.4, -0.2) is 11.9 Å². The standard InChI is InChI=1S/C20H21ClFN5O/c21-15-6-4-12(9-11-3-5-13(22)10-14(11)18(23)27-24)16-17(15)25-19(28)26-20(16)7-1-2-8-20/h3-6,10H,1-2,7-9,24H2,(H2,23,27)(H2,25,26,28). The summed E-state index contributed by atoms with van der Waals surface area (Å²) in [5.74, 6) is 4.90. The lowest BCUT2D eigenvalue weighted by Gasteiger charge is -2.39. The van der Waals surface area contributed by atoms with Gasteiger partial charge < -0.3 is 16.1 Å². The van der Waals surface area contributed by atoms with Crippen LogP contribution in [0.4, 0.5) is 14.9 Å². The number of hydrogen-bond donors (Lipinski definition) is 5. The number of carbonyl (C=O) groups excluding carboxylic acids is 1. The molecule has 0 aromatic heterocycles. The lowest BCUT2D eigenvalue weighted by molar-refractivity contribution is 0.233. The van der Waals surface area contributed by atoms with Gasteiger partial charge in [0.05, 0.1) is 16.2 Å². The zero-order valence-electron chi connectivity index (χ0n) is 15.2. The number of benzene rings is 2. The number of hydrazine groups is 1. The van der Waals surface area contributed by atoms with Gasteiger partial charge in [0.1, 0.15) is 11.7 Å². The lowest BCUT2D eigenvalue weighted by Crippen LogP contribution is -2.50. The average Bonchev–Trinajstić information content (AvgIpc) is 3.13. The van der Waals surface area contributed by atoms with Crippen LogP contribution in [0.15, 0.2) is 30.3 Å². The fraction of sp³-hybridized carbons (Fsp3) is 0.300. The predicted octanol–water partition coefficient (Wildman–Crippen LogP) is 3.76. The van der Waals surface area contributed by atoms with Gasteiger partial charge in [-0.25, -0.2) is 15.0 Å². The molecule has 1 aliphatic carbocycles. The van der Waals surface area contributed by atoms with Crippen molar-refractivity contribution in [1.82, 2.24) is 10.7 Å². The highest BCUT2D eigenvalue weighted by molar-refractivity contribution is 6.34. The van der Waals surface area contributed by atoms with Crippen molar-refractivity contribution >= 4 is 29.2 Å². The fourth-order valence-corrected chi connectivity index (χ4v) is 4.64. The van der Waals surface area contributed by atoms with E-state index in [1.807, 2.05) is 6.07 Å². The molecule has 146 valence electrons. The molecule has 1 heterocycles. The zero-order valence-corrected chi connectivity index (χ0v) is 15.9. The molecule has 6 N–H and O–H groups in total. The van der Waals surface area contributed by atoms with Crippen LogP contribution in [0.25, 0.3) is 0 Å². The Morgan fingerprint density at radius 3 is 2.68 bits per heavy atom. The topological polar surface area (TPSA) is 103 Å². The number of rotatable bonds is 3. The molecule has 8 heteroatoms. The average molecular weight is 402 g/mol. The Bertz CT molecular complexity index is 971. The summed E-state index contributed by atoms with van der Waals surface area (Å²) in [6.45, 7) is 0. The highest BCUT2D eigenvalue weighted by atomic mass is 35.5. The molecule has 28 heavy (non-hydrogen) atoms. The number of nitrogens with one attached hydrogen (secondary N) is 4.